The Kier molecular flexibility index (Phi) is 3.64. The van der Waals surface area contributed by atoms with Gasteiger partial charge in [-0.25, -0.2) is 0 Å². The van der Waals surface area contributed by atoms with Gasteiger partial charge in [-0.1, -0.05) is 12.1 Å². The van der Waals surface area contributed by atoms with Gasteiger partial charge in [0.15, 0.2) is 0 Å². The van der Waals surface area contributed by atoms with Crippen molar-refractivity contribution < 1.29 is 9.90 Å². The first kappa shape index (κ1) is 11.9. The minimum atomic E-state index is 0.0193. The van der Waals surface area contributed by atoms with Crippen molar-refractivity contribution in [1.29, 1.82) is 0 Å². The molecule has 1 aliphatic rings. The van der Waals surface area contributed by atoms with Gasteiger partial charge in [-0.15, -0.1) is 0 Å². The number of hydrogen-bond acceptors (Lipinski definition) is 3. The van der Waals surface area contributed by atoms with E-state index in [1.807, 2.05) is 36.2 Å². The summed E-state index contributed by atoms with van der Waals surface area (Å²) in [5.74, 6) is 0.113. The van der Waals surface area contributed by atoms with Crippen LogP contribution in [-0.4, -0.2) is 35.5 Å². The van der Waals surface area contributed by atoms with E-state index in [1.165, 1.54) is 0 Å². The summed E-state index contributed by atoms with van der Waals surface area (Å²) in [5, 5.41) is 12.1. The van der Waals surface area contributed by atoms with Crippen LogP contribution in [0, 0.1) is 0 Å². The summed E-state index contributed by atoms with van der Waals surface area (Å²) in [6.07, 6.45) is 2.25. The van der Waals surface area contributed by atoms with Crippen molar-refractivity contribution >= 4 is 11.6 Å². The minimum absolute atomic E-state index is 0.0193. The third kappa shape index (κ3) is 3.20. The molecule has 1 fully saturated rings. The maximum Gasteiger partial charge on any atom is 0.241 e. The zero-order chi connectivity index (χ0) is 12.3. The second-order valence-corrected chi connectivity index (χ2v) is 4.45. The van der Waals surface area contributed by atoms with Crippen molar-refractivity contribution in [3.05, 3.63) is 29.8 Å². The molecule has 0 saturated heterocycles. The van der Waals surface area contributed by atoms with Crippen LogP contribution in [0.25, 0.3) is 0 Å². The van der Waals surface area contributed by atoms with Crippen LogP contribution in [0.15, 0.2) is 24.3 Å². The highest BCUT2D eigenvalue weighted by Gasteiger charge is 2.29. The number of likely N-dealkylation sites (N-methyl/N-ethyl adjacent to an activating group) is 1. The van der Waals surface area contributed by atoms with E-state index in [0.29, 0.717) is 12.6 Å². The van der Waals surface area contributed by atoms with Gasteiger partial charge in [-0.2, -0.15) is 0 Å². The summed E-state index contributed by atoms with van der Waals surface area (Å²) in [6, 6.07) is 7.91. The molecular weight excluding hydrogens is 216 g/mol. The SMILES string of the molecule is CN(C(=O)CNc1cccc(CO)c1)C1CC1. The third-order valence-electron chi connectivity index (χ3n) is 3.04. The molecule has 17 heavy (non-hydrogen) atoms. The van der Waals surface area contributed by atoms with Crippen LogP contribution in [0.2, 0.25) is 0 Å². The van der Waals surface area contributed by atoms with Gasteiger partial charge in [0.25, 0.3) is 0 Å². The van der Waals surface area contributed by atoms with Gasteiger partial charge < -0.3 is 15.3 Å². The van der Waals surface area contributed by atoms with Crippen LogP contribution < -0.4 is 5.32 Å². The van der Waals surface area contributed by atoms with E-state index in [9.17, 15) is 4.79 Å². The molecule has 4 heteroatoms. The van der Waals surface area contributed by atoms with Crippen molar-refractivity contribution in [2.24, 2.45) is 0 Å². The molecule has 4 nitrogen and oxygen atoms in total. The zero-order valence-corrected chi connectivity index (χ0v) is 10.0. The maximum absolute atomic E-state index is 11.8. The Balaban J connectivity index is 1.85. The first-order valence-electron chi connectivity index (χ1n) is 5.90. The van der Waals surface area contributed by atoms with Gasteiger partial charge >= 0.3 is 0 Å². The lowest BCUT2D eigenvalue weighted by atomic mass is 10.2. The molecule has 0 unspecified atom stereocenters. The van der Waals surface area contributed by atoms with Gasteiger partial charge in [0, 0.05) is 18.8 Å². The molecule has 2 rings (SSSR count). The van der Waals surface area contributed by atoms with E-state index in [4.69, 9.17) is 5.11 Å². The number of aliphatic hydroxyl groups is 1. The molecule has 0 spiro atoms. The van der Waals surface area contributed by atoms with E-state index in [2.05, 4.69) is 5.32 Å². The number of benzene rings is 1. The van der Waals surface area contributed by atoms with Crippen molar-refractivity contribution in [3.8, 4) is 0 Å². The lowest BCUT2D eigenvalue weighted by Crippen LogP contribution is -2.33. The van der Waals surface area contributed by atoms with E-state index in [1.54, 1.807) is 0 Å². The molecule has 0 aromatic heterocycles. The van der Waals surface area contributed by atoms with Crippen LogP contribution in [0.4, 0.5) is 5.69 Å². The molecule has 0 atom stereocenters. The molecule has 0 aliphatic heterocycles. The first-order valence-corrected chi connectivity index (χ1v) is 5.90. The smallest absolute Gasteiger partial charge is 0.241 e. The van der Waals surface area contributed by atoms with Crippen molar-refractivity contribution in [2.75, 3.05) is 18.9 Å². The Morgan fingerprint density at radius 2 is 2.29 bits per heavy atom. The second kappa shape index (κ2) is 5.19. The monoisotopic (exact) mass is 234 g/mol. The number of amides is 1. The van der Waals surface area contributed by atoms with Crippen LogP contribution in [0.5, 0.6) is 0 Å². The summed E-state index contributed by atoms with van der Waals surface area (Å²) in [6.45, 7) is 0.327. The number of carbonyl (C=O) groups excluding carboxylic acids is 1. The minimum Gasteiger partial charge on any atom is -0.392 e. The van der Waals surface area contributed by atoms with Gasteiger partial charge in [-0.05, 0) is 30.5 Å². The molecule has 1 saturated carbocycles. The molecule has 0 bridgehead atoms. The van der Waals surface area contributed by atoms with Gasteiger partial charge in [0.1, 0.15) is 0 Å². The Labute approximate surface area is 101 Å². The molecule has 1 aromatic rings. The van der Waals surface area contributed by atoms with Gasteiger partial charge in [0.05, 0.1) is 13.2 Å². The fourth-order valence-corrected chi connectivity index (χ4v) is 1.75. The normalized spacial score (nSPS) is 14.5. The molecule has 0 radical (unpaired) electrons. The van der Waals surface area contributed by atoms with Crippen molar-refractivity contribution in [3.63, 3.8) is 0 Å². The molecule has 1 aliphatic carbocycles. The standard InChI is InChI=1S/C13H18N2O2/c1-15(12-5-6-12)13(17)8-14-11-4-2-3-10(7-11)9-16/h2-4,7,12,14,16H,5-6,8-9H2,1H3. The maximum atomic E-state index is 11.8. The lowest BCUT2D eigenvalue weighted by molar-refractivity contribution is -0.128. The van der Waals surface area contributed by atoms with Crippen LogP contribution in [0.1, 0.15) is 18.4 Å². The predicted molar refractivity (Wildman–Crippen MR) is 66.6 cm³/mol. The largest absolute Gasteiger partial charge is 0.392 e. The first-order chi connectivity index (χ1) is 8.20. The topological polar surface area (TPSA) is 52.6 Å². The van der Waals surface area contributed by atoms with E-state index in [0.717, 1.165) is 24.1 Å². The number of aliphatic hydroxyl groups excluding tert-OH is 1. The van der Waals surface area contributed by atoms with Crippen LogP contribution in [-0.2, 0) is 11.4 Å². The summed E-state index contributed by atoms with van der Waals surface area (Å²) < 4.78 is 0. The van der Waals surface area contributed by atoms with Crippen molar-refractivity contribution in [2.45, 2.75) is 25.5 Å². The Bertz CT molecular complexity index is 402. The van der Waals surface area contributed by atoms with E-state index < -0.39 is 0 Å². The van der Waals surface area contributed by atoms with E-state index >= 15 is 0 Å². The molecule has 2 N–H and O–H groups in total. The quantitative estimate of drug-likeness (QED) is 0.805. The fraction of sp³-hybridized carbons (Fsp3) is 0.462. The summed E-state index contributed by atoms with van der Waals surface area (Å²) in [4.78, 5) is 13.6. The predicted octanol–water partition coefficient (Wildman–Crippen LogP) is 1.21. The summed E-state index contributed by atoms with van der Waals surface area (Å²) in [5.41, 5.74) is 1.71. The molecule has 1 amide bonds. The number of nitrogens with one attached hydrogen (secondary N) is 1. The number of carbonyl (C=O) groups is 1. The van der Waals surface area contributed by atoms with Crippen LogP contribution >= 0.6 is 0 Å². The number of rotatable bonds is 5. The third-order valence-corrected chi connectivity index (χ3v) is 3.04. The molecule has 0 heterocycles. The summed E-state index contributed by atoms with van der Waals surface area (Å²) >= 11 is 0. The second-order valence-electron chi connectivity index (χ2n) is 4.45. The molecular formula is C13H18N2O2. The van der Waals surface area contributed by atoms with Gasteiger partial charge in [0.2, 0.25) is 5.91 Å². The highest BCUT2D eigenvalue weighted by molar-refractivity contribution is 5.81. The fourth-order valence-electron chi connectivity index (χ4n) is 1.75. The van der Waals surface area contributed by atoms with Gasteiger partial charge in [-0.3, -0.25) is 4.79 Å². The molecule has 1 aromatic carbocycles. The average Bonchev–Trinajstić information content (AvgIpc) is 3.19. The average molecular weight is 234 g/mol. The molecule has 92 valence electrons. The van der Waals surface area contributed by atoms with Crippen LogP contribution in [0.3, 0.4) is 0 Å². The van der Waals surface area contributed by atoms with E-state index in [-0.39, 0.29) is 12.5 Å². The highest BCUT2D eigenvalue weighted by atomic mass is 16.3. The Morgan fingerprint density at radius 3 is 2.94 bits per heavy atom. The number of hydrogen-bond donors (Lipinski definition) is 2. The van der Waals surface area contributed by atoms with Crippen molar-refractivity contribution in [1.82, 2.24) is 4.90 Å². The number of nitrogens with zero attached hydrogens (tertiary/aromatic N) is 1. The zero-order valence-electron chi connectivity index (χ0n) is 10.0. The highest BCUT2D eigenvalue weighted by Crippen LogP contribution is 2.25. The Morgan fingerprint density at radius 1 is 1.53 bits per heavy atom. The lowest BCUT2D eigenvalue weighted by Gasteiger charge is -2.17. The number of anilines is 1. The Hall–Kier alpha value is -1.55. The summed E-state index contributed by atoms with van der Waals surface area (Å²) in [7, 11) is 1.85.